The van der Waals surface area contributed by atoms with Crippen LogP contribution in [0.2, 0.25) is 0 Å². The van der Waals surface area contributed by atoms with Crippen LogP contribution in [0.5, 0.6) is 11.5 Å². The Morgan fingerprint density at radius 1 is 0.967 bits per heavy atom. The molecule has 1 N–H and O–H groups in total. The van der Waals surface area contributed by atoms with Crippen molar-refractivity contribution in [2.45, 2.75) is 18.9 Å². The van der Waals surface area contributed by atoms with Crippen molar-refractivity contribution in [1.82, 2.24) is 0 Å². The highest BCUT2D eigenvalue weighted by atomic mass is 16.6. The van der Waals surface area contributed by atoms with Crippen molar-refractivity contribution in [3.63, 3.8) is 0 Å². The van der Waals surface area contributed by atoms with Crippen LogP contribution >= 0.6 is 0 Å². The summed E-state index contributed by atoms with van der Waals surface area (Å²) >= 11 is 0. The van der Waals surface area contributed by atoms with Crippen molar-refractivity contribution in [3.05, 3.63) is 66.7 Å². The fraction of sp³-hybridized carbons (Fsp3) is 0.280. The molecule has 3 aromatic rings. The zero-order valence-electron chi connectivity index (χ0n) is 16.3. The third-order valence-electron chi connectivity index (χ3n) is 6.89. The second-order valence-corrected chi connectivity index (χ2v) is 8.52. The summed E-state index contributed by atoms with van der Waals surface area (Å²) in [6.07, 6.45) is 1.79. The van der Waals surface area contributed by atoms with Gasteiger partial charge in [-0.1, -0.05) is 36.4 Å². The Bertz CT molecular complexity index is 1150. The molecule has 0 spiro atoms. The molecule has 5 atom stereocenters. The number of benzene rings is 3. The quantitative estimate of drug-likeness (QED) is 0.642. The van der Waals surface area contributed by atoms with Gasteiger partial charge in [0.2, 0.25) is 5.91 Å². The van der Waals surface area contributed by atoms with E-state index in [1.165, 1.54) is 0 Å². The van der Waals surface area contributed by atoms with Gasteiger partial charge >= 0.3 is 5.97 Å². The summed E-state index contributed by atoms with van der Waals surface area (Å²) in [4.78, 5) is 25.1. The molecular formula is C25H21NO4. The summed E-state index contributed by atoms with van der Waals surface area (Å²) in [6.45, 7) is 0. The zero-order chi connectivity index (χ0) is 20.2. The standard InChI is InChI=1S/C25H21NO4/c27-24(22-15-12-19-21(13-15)30-25(28)23(19)22)26-16-8-10-17(11-9-16)29-20-7-3-5-14-4-1-2-6-18(14)20/h1-11,15,19,21-23H,12-13H2,(H,26,27)/t15-,19+,21+,22-,23+/m1/s1. The van der Waals surface area contributed by atoms with Gasteiger partial charge in [0.1, 0.15) is 17.6 Å². The van der Waals surface area contributed by atoms with E-state index in [1.54, 1.807) is 0 Å². The molecule has 1 aliphatic heterocycles. The molecule has 2 bridgehead atoms. The normalized spacial score (nSPS) is 28.5. The lowest BCUT2D eigenvalue weighted by Gasteiger charge is -2.23. The topological polar surface area (TPSA) is 64.6 Å². The molecule has 1 saturated heterocycles. The number of rotatable bonds is 4. The van der Waals surface area contributed by atoms with Gasteiger partial charge in [0.15, 0.2) is 0 Å². The molecule has 0 unspecified atom stereocenters. The first-order chi connectivity index (χ1) is 14.7. The Hall–Kier alpha value is -3.34. The third-order valence-corrected chi connectivity index (χ3v) is 6.89. The maximum absolute atomic E-state index is 12.9. The molecule has 1 heterocycles. The molecule has 150 valence electrons. The molecule has 2 aliphatic carbocycles. The maximum Gasteiger partial charge on any atom is 0.310 e. The number of hydrogen-bond acceptors (Lipinski definition) is 4. The van der Waals surface area contributed by atoms with Crippen LogP contribution in [-0.2, 0) is 14.3 Å². The van der Waals surface area contributed by atoms with E-state index in [2.05, 4.69) is 17.4 Å². The third kappa shape index (κ3) is 2.69. The maximum atomic E-state index is 12.9. The Kier molecular flexibility index (Phi) is 3.85. The molecule has 2 saturated carbocycles. The number of carbonyl (C=O) groups excluding carboxylic acids is 2. The van der Waals surface area contributed by atoms with Crippen LogP contribution in [-0.4, -0.2) is 18.0 Å². The summed E-state index contributed by atoms with van der Waals surface area (Å²) in [7, 11) is 0. The first-order valence-corrected chi connectivity index (χ1v) is 10.4. The SMILES string of the molecule is O=C(Nc1ccc(Oc2cccc3ccccc23)cc1)[C@@H]1[C@@H]2C[C@@H]3[C@@H]1C(=O)O[C@H]3C2. The molecule has 30 heavy (non-hydrogen) atoms. The van der Waals surface area contributed by atoms with E-state index in [4.69, 9.17) is 9.47 Å². The van der Waals surface area contributed by atoms with Crippen molar-refractivity contribution < 1.29 is 19.1 Å². The van der Waals surface area contributed by atoms with Gasteiger partial charge in [-0.2, -0.15) is 0 Å². The van der Waals surface area contributed by atoms with Crippen LogP contribution in [0.4, 0.5) is 5.69 Å². The Balaban J connectivity index is 1.17. The van der Waals surface area contributed by atoms with Gasteiger partial charge in [-0.25, -0.2) is 0 Å². The Morgan fingerprint density at radius 3 is 2.63 bits per heavy atom. The van der Waals surface area contributed by atoms with Crippen LogP contribution in [0.3, 0.4) is 0 Å². The summed E-state index contributed by atoms with van der Waals surface area (Å²) in [5, 5.41) is 5.16. The lowest BCUT2D eigenvalue weighted by molar-refractivity contribution is -0.145. The summed E-state index contributed by atoms with van der Waals surface area (Å²) in [5.41, 5.74) is 0.705. The van der Waals surface area contributed by atoms with E-state index >= 15 is 0 Å². The number of ether oxygens (including phenoxy) is 2. The lowest BCUT2D eigenvalue weighted by Crippen LogP contribution is -2.35. The molecule has 1 amide bonds. The first kappa shape index (κ1) is 17.5. The van der Waals surface area contributed by atoms with Gasteiger partial charge in [0, 0.05) is 17.0 Å². The largest absolute Gasteiger partial charge is 0.462 e. The van der Waals surface area contributed by atoms with E-state index in [1.807, 2.05) is 54.6 Å². The Morgan fingerprint density at radius 2 is 1.77 bits per heavy atom. The van der Waals surface area contributed by atoms with E-state index in [0.717, 1.165) is 29.4 Å². The number of amides is 1. The van der Waals surface area contributed by atoms with Crippen LogP contribution in [0.15, 0.2) is 66.7 Å². The minimum absolute atomic E-state index is 0.0436. The summed E-state index contributed by atoms with van der Waals surface area (Å²) in [5.74, 6) is 1.18. The molecule has 0 aromatic heterocycles. The van der Waals surface area contributed by atoms with Gasteiger partial charge in [-0.3, -0.25) is 9.59 Å². The highest BCUT2D eigenvalue weighted by molar-refractivity contribution is 5.97. The average Bonchev–Trinajstić information content (AvgIpc) is 3.38. The predicted molar refractivity (Wildman–Crippen MR) is 112 cm³/mol. The van der Waals surface area contributed by atoms with Crippen molar-refractivity contribution in [1.29, 1.82) is 0 Å². The minimum Gasteiger partial charge on any atom is -0.462 e. The molecule has 3 fully saturated rings. The fourth-order valence-electron chi connectivity index (χ4n) is 5.61. The highest BCUT2D eigenvalue weighted by Gasteiger charge is 2.63. The van der Waals surface area contributed by atoms with Crippen molar-refractivity contribution >= 4 is 28.3 Å². The molecule has 3 aliphatic rings. The van der Waals surface area contributed by atoms with Gasteiger partial charge < -0.3 is 14.8 Å². The second kappa shape index (κ2) is 6.59. The predicted octanol–water partition coefficient (Wildman–Crippen LogP) is 4.77. The van der Waals surface area contributed by atoms with Gasteiger partial charge in [0.05, 0.1) is 11.8 Å². The number of carbonyl (C=O) groups is 2. The van der Waals surface area contributed by atoms with E-state index in [9.17, 15) is 9.59 Å². The molecule has 3 aromatic carbocycles. The summed E-state index contributed by atoms with van der Waals surface area (Å²) < 4.78 is 11.5. The van der Waals surface area contributed by atoms with Crippen molar-refractivity contribution in [2.75, 3.05) is 5.32 Å². The number of fused-ring (bicyclic) bond motifs is 2. The van der Waals surface area contributed by atoms with Gasteiger partial charge in [-0.05, 0) is 54.5 Å². The van der Waals surface area contributed by atoms with Crippen LogP contribution in [0, 0.1) is 23.7 Å². The number of nitrogens with one attached hydrogen (secondary N) is 1. The van der Waals surface area contributed by atoms with Crippen molar-refractivity contribution in [2.24, 2.45) is 23.7 Å². The van der Waals surface area contributed by atoms with E-state index < -0.39 is 0 Å². The van der Waals surface area contributed by atoms with Crippen LogP contribution in [0.1, 0.15) is 12.8 Å². The van der Waals surface area contributed by atoms with Crippen molar-refractivity contribution in [3.8, 4) is 11.5 Å². The fourth-order valence-corrected chi connectivity index (χ4v) is 5.61. The summed E-state index contributed by atoms with van der Waals surface area (Å²) in [6, 6.07) is 21.4. The molecule has 5 heteroatoms. The number of anilines is 1. The highest BCUT2D eigenvalue weighted by Crippen LogP contribution is 2.57. The van der Waals surface area contributed by atoms with Gasteiger partial charge in [-0.15, -0.1) is 0 Å². The monoisotopic (exact) mass is 399 g/mol. The Labute approximate surface area is 174 Å². The second-order valence-electron chi connectivity index (χ2n) is 8.52. The number of hydrogen-bond donors (Lipinski definition) is 1. The lowest BCUT2D eigenvalue weighted by atomic mass is 9.79. The smallest absolute Gasteiger partial charge is 0.310 e. The average molecular weight is 399 g/mol. The molecule has 0 radical (unpaired) electrons. The molecular weight excluding hydrogens is 378 g/mol. The zero-order valence-corrected chi connectivity index (χ0v) is 16.3. The molecule has 6 rings (SSSR count). The van der Waals surface area contributed by atoms with Gasteiger partial charge in [0.25, 0.3) is 0 Å². The molecule has 5 nitrogen and oxygen atoms in total. The number of esters is 1. The van der Waals surface area contributed by atoms with Crippen LogP contribution in [0.25, 0.3) is 10.8 Å². The van der Waals surface area contributed by atoms with E-state index in [0.29, 0.717) is 11.4 Å². The first-order valence-electron chi connectivity index (χ1n) is 10.4. The minimum atomic E-state index is -0.271. The van der Waals surface area contributed by atoms with Crippen LogP contribution < -0.4 is 10.1 Å². The van der Waals surface area contributed by atoms with E-state index in [-0.39, 0.29) is 41.7 Å².